The van der Waals surface area contributed by atoms with E-state index in [-0.39, 0.29) is 11.7 Å². The molecule has 2 amide bonds. The number of rotatable bonds is 4. The molecule has 1 aliphatic rings. The molecule has 1 fully saturated rings. The summed E-state index contributed by atoms with van der Waals surface area (Å²) < 4.78 is 18.2. The van der Waals surface area contributed by atoms with E-state index in [4.69, 9.17) is 10.5 Å². The molecular formula is C11H14FN3O2. The molecule has 0 radical (unpaired) electrons. The van der Waals surface area contributed by atoms with Crippen LogP contribution in [0.5, 0.6) is 5.75 Å². The van der Waals surface area contributed by atoms with E-state index in [2.05, 4.69) is 5.32 Å². The summed E-state index contributed by atoms with van der Waals surface area (Å²) in [6.45, 7) is 2.17. The second-order valence-electron chi connectivity index (χ2n) is 3.75. The van der Waals surface area contributed by atoms with Gasteiger partial charge in [-0.3, -0.25) is 0 Å². The number of urea groups is 1. The van der Waals surface area contributed by atoms with Crippen LogP contribution < -0.4 is 15.8 Å². The molecular weight excluding hydrogens is 225 g/mol. The monoisotopic (exact) mass is 239 g/mol. The third-order valence-corrected chi connectivity index (χ3v) is 2.54. The summed E-state index contributed by atoms with van der Waals surface area (Å²) >= 11 is 0. The number of halogens is 1. The van der Waals surface area contributed by atoms with Crippen molar-refractivity contribution in [3.05, 3.63) is 24.0 Å². The molecule has 1 heterocycles. The average molecular weight is 239 g/mol. The second kappa shape index (κ2) is 4.90. The molecule has 2 rings (SSSR count). The highest BCUT2D eigenvalue weighted by Crippen LogP contribution is 2.21. The van der Waals surface area contributed by atoms with E-state index in [1.165, 1.54) is 18.2 Å². The fourth-order valence-electron chi connectivity index (χ4n) is 1.64. The van der Waals surface area contributed by atoms with Crippen molar-refractivity contribution in [2.45, 2.75) is 0 Å². The van der Waals surface area contributed by atoms with Gasteiger partial charge in [0.1, 0.15) is 18.2 Å². The Hall–Kier alpha value is -1.98. The first-order chi connectivity index (χ1) is 8.16. The van der Waals surface area contributed by atoms with Crippen LogP contribution in [-0.4, -0.2) is 37.2 Å². The normalized spacial score (nSPS) is 14.9. The van der Waals surface area contributed by atoms with Crippen molar-refractivity contribution in [1.29, 1.82) is 0 Å². The number of nitrogens with one attached hydrogen (secondary N) is 1. The van der Waals surface area contributed by atoms with Crippen molar-refractivity contribution in [3.8, 4) is 5.75 Å². The average Bonchev–Trinajstić information content (AvgIpc) is 2.68. The number of anilines is 1. The molecule has 0 bridgehead atoms. The smallest absolute Gasteiger partial charge is 0.317 e. The first-order valence-electron chi connectivity index (χ1n) is 5.37. The van der Waals surface area contributed by atoms with Gasteiger partial charge >= 0.3 is 6.03 Å². The number of nitrogens with zero attached hydrogens (tertiary/aromatic N) is 1. The minimum atomic E-state index is -0.395. The third-order valence-electron chi connectivity index (χ3n) is 2.54. The van der Waals surface area contributed by atoms with Crippen LogP contribution in [0.4, 0.5) is 14.9 Å². The van der Waals surface area contributed by atoms with Gasteiger partial charge in [0.15, 0.2) is 0 Å². The zero-order valence-electron chi connectivity index (χ0n) is 9.28. The standard InChI is InChI=1S/C11H14FN3O2/c12-8-1-2-10(9(13)7-8)17-6-5-15-4-3-14-11(15)16/h1-2,7H,3-6,13H2,(H,14,16). The fourth-order valence-corrected chi connectivity index (χ4v) is 1.64. The van der Waals surface area contributed by atoms with E-state index in [1.54, 1.807) is 4.90 Å². The minimum Gasteiger partial charge on any atom is -0.490 e. The lowest BCUT2D eigenvalue weighted by Crippen LogP contribution is -2.31. The van der Waals surface area contributed by atoms with Gasteiger partial charge in [0, 0.05) is 19.2 Å². The van der Waals surface area contributed by atoms with Gasteiger partial charge in [-0.25, -0.2) is 9.18 Å². The maximum absolute atomic E-state index is 12.8. The van der Waals surface area contributed by atoms with E-state index in [0.29, 0.717) is 32.0 Å². The first-order valence-corrected chi connectivity index (χ1v) is 5.37. The summed E-state index contributed by atoms with van der Waals surface area (Å²) in [4.78, 5) is 12.9. The lowest BCUT2D eigenvalue weighted by atomic mass is 10.3. The number of ether oxygens (including phenoxy) is 1. The highest BCUT2D eigenvalue weighted by molar-refractivity contribution is 5.76. The molecule has 0 spiro atoms. The van der Waals surface area contributed by atoms with Crippen LogP contribution in [0.2, 0.25) is 0 Å². The molecule has 0 atom stereocenters. The molecule has 0 unspecified atom stereocenters. The summed E-state index contributed by atoms with van der Waals surface area (Å²) in [6.07, 6.45) is 0. The van der Waals surface area contributed by atoms with Crippen molar-refractivity contribution in [1.82, 2.24) is 10.2 Å². The number of nitrogen functional groups attached to an aromatic ring is 1. The van der Waals surface area contributed by atoms with Crippen LogP contribution in [0.1, 0.15) is 0 Å². The Morgan fingerprint density at radius 1 is 1.53 bits per heavy atom. The third kappa shape index (κ3) is 2.77. The number of nitrogens with two attached hydrogens (primary N) is 1. The molecule has 1 aromatic rings. The van der Waals surface area contributed by atoms with Gasteiger partial charge in [-0.15, -0.1) is 0 Å². The van der Waals surface area contributed by atoms with Crippen molar-refractivity contribution < 1.29 is 13.9 Å². The van der Waals surface area contributed by atoms with Crippen LogP contribution in [0.15, 0.2) is 18.2 Å². The predicted molar refractivity (Wildman–Crippen MR) is 61.3 cm³/mol. The summed E-state index contributed by atoms with van der Waals surface area (Å²) in [6, 6.07) is 3.89. The number of hydrogen-bond donors (Lipinski definition) is 2. The minimum absolute atomic E-state index is 0.0827. The topological polar surface area (TPSA) is 67.6 Å². The molecule has 0 aromatic heterocycles. The van der Waals surface area contributed by atoms with Crippen LogP contribution in [-0.2, 0) is 0 Å². The molecule has 6 heteroatoms. The van der Waals surface area contributed by atoms with Crippen LogP contribution in [0.25, 0.3) is 0 Å². The second-order valence-corrected chi connectivity index (χ2v) is 3.75. The van der Waals surface area contributed by atoms with E-state index in [0.717, 1.165) is 0 Å². The summed E-state index contributed by atoms with van der Waals surface area (Å²) in [5, 5.41) is 2.69. The predicted octanol–water partition coefficient (Wildman–Crippen LogP) is 0.812. The largest absolute Gasteiger partial charge is 0.490 e. The Morgan fingerprint density at radius 3 is 3.00 bits per heavy atom. The van der Waals surface area contributed by atoms with Gasteiger partial charge in [0.05, 0.1) is 12.2 Å². The lowest BCUT2D eigenvalue weighted by Gasteiger charge is -2.15. The van der Waals surface area contributed by atoms with Gasteiger partial charge in [-0.1, -0.05) is 0 Å². The van der Waals surface area contributed by atoms with Gasteiger partial charge in [-0.05, 0) is 12.1 Å². The lowest BCUT2D eigenvalue weighted by molar-refractivity contribution is 0.203. The van der Waals surface area contributed by atoms with Crippen LogP contribution in [0.3, 0.4) is 0 Å². The fraction of sp³-hybridized carbons (Fsp3) is 0.364. The summed E-state index contributed by atoms with van der Waals surface area (Å²) in [5.41, 5.74) is 5.85. The number of carbonyl (C=O) groups excluding carboxylic acids is 1. The Bertz CT molecular complexity index is 425. The van der Waals surface area contributed by atoms with Crippen molar-refractivity contribution in [3.63, 3.8) is 0 Å². The first kappa shape index (κ1) is 11.5. The molecule has 1 aromatic carbocycles. The molecule has 0 saturated carbocycles. The number of hydrogen-bond acceptors (Lipinski definition) is 3. The maximum Gasteiger partial charge on any atom is 0.317 e. The number of amides is 2. The van der Waals surface area contributed by atoms with E-state index < -0.39 is 5.82 Å². The Labute approximate surface area is 98.3 Å². The SMILES string of the molecule is Nc1cc(F)ccc1OCCN1CCNC1=O. The Kier molecular flexibility index (Phi) is 3.32. The molecule has 1 aliphatic heterocycles. The highest BCUT2D eigenvalue weighted by atomic mass is 19.1. The van der Waals surface area contributed by atoms with E-state index in [1.807, 2.05) is 0 Å². The van der Waals surface area contributed by atoms with Crippen molar-refractivity contribution in [2.24, 2.45) is 0 Å². The van der Waals surface area contributed by atoms with Gasteiger partial charge < -0.3 is 20.7 Å². The molecule has 3 N–H and O–H groups in total. The van der Waals surface area contributed by atoms with E-state index in [9.17, 15) is 9.18 Å². The molecule has 1 saturated heterocycles. The Balaban J connectivity index is 1.83. The van der Waals surface area contributed by atoms with Crippen molar-refractivity contribution >= 4 is 11.7 Å². The van der Waals surface area contributed by atoms with Gasteiger partial charge in [0.2, 0.25) is 0 Å². The zero-order valence-corrected chi connectivity index (χ0v) is 9.28. The molecule has 17 heavy (non-hydrogen) atoms. The quantitative estimate of drug-likeness (QED) is 0.764. The maximum atomic E-state index is 12.8. The van der Waals surface area contributed by atoms with Crippen molar-refractivity contribution in [2.75, 3.05) is 32.0 Å². The van der Waals surface area contributed by atoms with Crippen LogP contribution in [0, 0.1) is 5.82 Å². The Morgan fingerprint density at radius 2 is 2.35 bits per heavy atom. The highest BCUT2D eigenvalue weighted by Gasteiger charge is 2.18. The van der Waals surface area contributed by atoms with Crippen LogP contribution >= 0.6 is 0 Å². The number of benzene rings is 1. The van der Waals surface area contributed by atoms with Gasteiger partial charge in [0.25, 0.3) is 0 Å². The molecule has 5 nitrogen and oxygen atoms in total. The summed E-state index contributed by atoms with van der Waals surface area (Å²) in [7, 11) is 0. The zero-order chi connectivity index (χ0) is 12.3. The summed E-state index contributed by atoms with van der Waals surface area (Å²) in [5.74, 6) is 0.0415. The van der Waals surface area contributed by atoms with Gasteiger partial charge in [-0.2, -0.15) is 0 Å². The van der Waals surface area contributed by atoms with E-state index >= 15 is 0 Å². The molecule has 0 aliphatic carbocycles. The molecule has 92 valence electrons. The number of carbonyl (C=O) groups is 1.